The van der Waals surface area contributed by atoms with Gasteiger partial charge in [-0.2, -0.15) is 0 Å². The smallest absolute Gasteiger partial charge is 0.398 e. The molecule has 4 heteroatoms. The molecule has 1 aromatic carbocycles. The van der Waals surface area contributed by atoms with E-state index in [4.69, 9.17) is 9.84 Å². The van der Waals surface area contributed by atoms with Crippen molar-refractivity contribution < 1.29 is 19.7 Å². The van der Waals surface area contributed by atoms with Crippen LogP contribution in [0, 0.1) is 0 Å². The monoisotopic (exact) mass is 181 g/mol. The van der Waals surface area contributed by atoms with Crippen molar-refractivity contribution in [3.05, 3.63) is 30.3 Å². The first-order valence-electron chi connectivity index (χ1n) is 3.77. The zero-order chi connectivity index (χ0) is 9.68. The molecule has 1 unspecified atom stereocenters. The highest BCUT2D eigenvalue weighted by Gasteiger charge is 2.19. The molecule has 0 saturated heterocycles. The Labute approximate surface area is 75.4 Å². The summed E-state index contributed by atoms with van der Waals surface area (Å²) in [7, 11) is 0. The Kier molecular flexibility index (Phi) is 3.28. The summed E-state index contributed by atoms with van der Waals surface area (Å²) >= 11 is 0. The Morgan fingerprint density at radius 1 is 1.38 bits per heavy atom. The highest BCUT2D eigenvalue weighted by atomic mass is 16.5. The molecule has 0 aliphatic rings. The van der Waals surface area contributed by atoms with Crippen LogP contribution in [0.4, 0.5) is 0 Å². The van der Waals surface area contributed by atoms with E-state index in [2.05, 4.69) is 0 Å². The van der Waals surface area contributed by atoms with Crippen LogP contribution >= 0.6 is 0 Å². The lowest BCUT2D eigenvalue weighted by atomic mass is 10.3. The largest absolute Gasteiger partial charge is 0.476 e. The fourth-order valence-corrected chi connectivity index (χ4v) is 0.823. The number of carbonyl (C=O) groups is 1. The molecule has 0 aliphatic heterocycles. The van der Waals surface area contributed by atoms with Crippen LogP contribution in [0.1, 0.15) is 0 Å². The number of aliphatic hydroxyl groups is 1. The van der Waals surface area contributed by atoms with Gasteiger partial charge in [-0.15, -0.1) is 0 Å². The number of rotatable bonds is 4. The van der Waals surface area contributed by atoms with Gasteiger partial charge in [0, 0.05) is 0 Å². The SMILES string of the molecule is [O]C(=O)C(CO)Oc1ccccc1. The quantitative estimate of drug-likeness (QED) is 0.730. The minimum absolute atomic E-state index is 0.394. The highest BCUT2D eigenvalue weighted by molar-refractivity contribution is 5.72. The lowest BCUT2D eigenvalue weighted by molar-refractivity contribution is -0.153. The van der Waals surface area contributed by atoms with Gasteiger partial charge in [-0.25, -0.2) is 9.90 Å². The molecule has 0 fully saturated rings. The maximum atomic E-state index is 10.3. The molecule has 1 N–H and O–H groups in total. The molecular formula is C9H9O4. The predicted octanol–water partition coefficient (Wildman–Crippen LogP) is 0.383. The third kappa shape index (κ3) is 2.76. The number of para-hydroxylation sites is 1. The van der Waals surface area contributed by atoms with E-state index >= 15 is 0 Å². The van der Waals surface area contributed by atoms with Crippen molar-refractivity contribution in [2.45, 2.75) is 6.10 Å². The number of benzene rings is 1. The van der Waals surface area contributed by atoms with Gasteiger partial charge in [0.05, 0.1) is 6.61 Å². The maximum Gasteiger partial charge on any atom is 0.398 e. The van der Waals surface area contributed by atoms with Gasteiger partial charge in [0.1, 0.15) is 5.75 Å². The molecule has 0 spiro atoms. The number of hydrogen-bond acceptors (Lipinski definition) is 3. The van der Waals surface area contributed by atoms with Gasteiger partial charge in [0.15, 0.2) is 0 Å². The summed E-state index contributed by atoms with van der Waals surface area (Å²) in [5.41, 5.74) is 0. The van der Waals surface area contributed by atoms with Gasteiger partial charge >= 0.3 is 5.97 Å². The van der Waals surface area contributed by atoms with E-state index in [1.807, 2.05) is 0 Å². The molecule has 1 rings (SSSR count). The summed E-state index contributed by atoms with van der Waals surface area (Å²) in [5.74, 6) is -1.03. The second kappa shape index (κ2) is 4.47. The third-order valence-electron chi connectivity index (χ3n) is 1.45. The fourth-order valence-electron chi connectivity index (χ4n) is 0.823. The summed E-state index contributed by atoms with van der Waals surface area (Å²) in [5, 5.41) is 19.0. The van der Waals surface area contributed by atoms with Crippen LogP contribution in [0.25, 0.3) is 0 Å². The minimum Gasteiger partial charge on any atom is -0.476 e. The van der Waals surface area contributed by atoms with Crippen LogP contribution in [0.2, 0.25) is 0 Å². The normalized spacial score (nSPS) is 12.1. The van der Waals surface area contributed by atoms with Crippen molar-refractivity contribution in [1.29, 1.82) is 0 Å². The van der Waals surface area contributed by atoms with Gasteiger partial charge in [0.2, 0.25) is 6.10 Å². The van der Waals surface area contributed by atoms with E-state index in [9.17, 15) is 9.90 Å². The first kappa shape index (κ1) is 9.54. The van der Waals surface area contributed by atoms with Crippen molar-refractivity contribution in [1.82, 2.24) is 0 Å². The van der Waals surface area contributed by atoms with Crippen LogP contribution in [-0.4, -0.2) is 23.8 Å². The second-order valence-electron chi connectivity index (χ2n) is 2.42. The van der Waals surface area contributed by atoms with Crippen molar-refractivity contribution in [2.24, 2.45) is 0 Å². The van der Waals surface area contributed by atoms with Gasteiger partial charge in [-0.1, -0.05) is 18.2 Å². The molecule has 4 nitrogen and oxygen atoms in total. The molecule has 69 valence electrons. The van der Waals surface area contributed by atoms with Crippen LogP contribution in [0.3, 0.4) is 0 Å². The van der Waals surface area contributed by atoms with Gasteiger partial charge in [-0.3, -0.25) is 0 Å². The van der Waals surface area contributed by atoms with Crippen LogP contribution in [-0.2, 0) is 9.90 Å². The Morgan fingerprint density at radius 2 is 2.00 bits per heavy atom. The van der Waals surface area contributed by atoms with Gasteiger partial charge in [0.25, 0.3) is 0 Å². The highest BCUT2D eigenvalue weighted by Crippen LogP contribution is 2.10. The Balaban J connectivity index is 2.62. The fraction of sp³-hybridized carbons (Fsp3) is 0.222. The van der Waals surface area contributed by atoms with E-state index in [-0.39, 0.29) is 0 Å². The second-order valence-corrected chi connectivity index (χ2v) is 2.42. The molecule has 1 aromatic rings. The van der Waals surface area contributed by atoms with E-state index in [0.29, 0.717) is 5.75 Å². The summed E-state index contributed by atoms with van der Waals surface area (Å²) in [6.45, 7) is -0.600. The first-order valence-corrected chi connectivity index (χ1v) is 3.77. The number of ether oxygens (including phenoxy) is 1. The zero-order valence-corrected chi connectivity index (χ0v) is 6.84. The number of aliphatic hydroxyl groups excluding tert-OH is 1. The number of hydrogen-bond donors (Lipinski definition) is 1. The minimum atomic E-state index is -1.42. The maximum absolute atomic E-state index is 10.3. The topological polar surface area (TPSA) is 66.4 Å². The summed E-state index contributed by atoms with van der Waals surface area (Å²) in [6, 6.07) is 8.40. The molecule has 0 bridgehead atoms. The molecule has 0 aromatic heterocycles. The van der Waals surface area contributed by atoms with Crippen LogP contribution in [0.5, 0.6) is 5.75 Å². The van der Waals surface area contributed by atoms with E-state index < -0.39 is 18.7 Å². The average molecular weight is 181 g/mol. The Bertz CT molecular complexity index is 270. The lowest BCUT2D eigenvalue weighted by Gasteiger charge is -2.10. The summed E-state index contributed by atoms with van der Waals surface area (Å²) in [6.07, 6.45) is -1.30. The van der Waals surface area contributed by atoms with E-state index in [1.165, 1.54) is 0 Å². The molecule has 0 saturated carbocycles. The van der Waals surface area contributed by atoms with Gasteiger partial charge < -0.3 is 9.84 Å². The standard InChI is InChI=1S/C9H9O4/c10-6-8(9(11)12)13-7-4-2-1-3-5-7/h1-5,8,10H,6H2. The van der Waals surface area contributed by atoms with Crippen molar-refractivity contribution >= 4 is 5.97 Å². The summed E-state index contributed by atoms with van der Waals surface area (Å²) < 4.78 is 4.91. The molecule has 13 heavy (non-hydrogen) atoms. The Morgan fingerprint density at radius 3 is 2.46 bits per heavy atom. The van der Waals surface area contributed by atoms with Crippen LogP contribution < -0.4 is 4.74 Å². The van der Waals surface area contributed by atoms with Crippen molar-refractivity contribution in [3.8, 4) is 5.75 Å². The van der Waals surface area contributed by atoms with E-state index in [0.717, 1.165) is 0 Å². The molecular weight excluding hydrogens is 172 g/mol. The third-order valence-corrected chi connectivity index (χ3v) is 1.45. The van der Waals surface area contributed by atoms with Crippen LogP contribution in [0.15, 0.2) is 30.3 Å². The lowest BCUT2D eigenvalue weighted by Crippen LogP contribution is -2.29. The molecule has 0 heterocycles. The van der Waals surface area contributed by atoms with Gasteiger partial charge in [-0.05, 0) is 12.1 Å². The average Bonchev–Trinajstić information content (AvgIpc) is 2.15. The molecule has 0 aliphatic carbocycles. The first-order chi connectivity index (χ1) is 6.24. The Hall–Kier alpha value is -1.55. The molecule has 1 radical (unpaired) electrons. The predicted molar refractivity (Wildman–Crippen MR) is 43.6 cm³/mol. The molecule has 1 atom stereocenters. The number of carbonyl (C=O) groups excluding carboxylic acids is 1. The zero-order valence-electron chi connectivity index (χ0n) is 6.84. The van der Waals surface area contributed by atoms with Crippen molar-refractivity contribution in [3.63, 3.8) is 0 Å². The van der Waals surface area contributed by atoms with Crippen molar-refractivity contribution in [2.75, 3.05) is 6.61 Å². The summed E-state index contributed by atoms with van der Waals surface area (Å²) in [4.78, 5) is 10.3. The van der Waals surface area contributed by atoms with E-state index in [1.54, 1.807) is 30.3 Å². The molecule has 0 amide bonds.